The average molecular weight is 554 g/mol. The number of β-lactam (4-membered cyclic amide) rings is 1. The van der Waals surface area contributed by atoms with Crippen LogP contribution in [0.2, 0.25) is 0 Å². The van der Waals surface area contributed by atoms with Crippen LogP contribution in [0.1, 0.15) is 5.69 Å². The van der Waals surface area contributed by atoms with Crippen molar-refractivity contribution in [2.24, 2.45) is 5.16 Å². The van der Waals surface area contributed by atoms with Gasteiger partial charge in [0.1, 0.15) is 29.9 Å². The Morgan fingerprint density at radius 2 is 2.29 bits per heavy atom. The zero-order valence-corrected chi connectivity index (χ0v) is 21.8. The van der Waals surface area contributed by atoms with E-state index in [4.69, 9.17) is 10.6 Å². The Balaban J connectivity index is 1.49. The van der Waals surface area contributed by atoms with Gasteiger partial charge in [0.25, 0.3) is 16.2 Å². The first-order valence-electron chi connectivity index (χ1n) is 10.1. The van der Waals surface area contributed by atoms with Gasteiger partial charge >= 0.3 is 5.97 Å². The van der Waals surface area contributed by atoms with Gasteiger partial charge in [-0.25, -0.2) is 9.78 Å². The summed E-state index contributed by atoms with van der Waals surface area (Å²) in [5.74, 6) is -1.99. The van der Waals surface area contributed by atoms with Crippen LogP contribution in [-0.4, -0.2) is 69.0 Å². The number of fused-ring (bicyclic) bond motifs is 1. The number of amides is 2. The van der Waals surface area contributed by atoms with E-state index in [1.54, 1.807) is 34.6 Å². The van der Waals surface area contributed by atoms with Crippen LogP contribution in [0.5, 0.6) is 0 Å². The van der Waals surface area contributed by atoms with Crippen LogP contribution in [0.15, 0.2) is 49.9 Å². The highest BCUT2D eigenvalue weighted by atomic mass is 32.2. The summed E-state index contributed by atoms with van der Waals surface area (Å²) in [6.45, 7) is 0.583. The Morgan fingerprint density at radius 1 is 1.49 bits per heavy atom. The predicted octanol–water partition coefficient (Wildman–Crippen LogP) is 1.14. The minimum absolute atomic E-state index is 0.0704. The quantitative estimate of drug-likeness (QED) is 0.137. The van der Waals surface area contributed by atoms with E-state index in [1.165, 1.54) is 23.8 Å². The summed E-state index contributed by atoms with van der Waals surface area (Å²) in [5.41, 5.74) is 6.21. The lowest BCUT2D eigenvalue weighted by atomic mass is 10.0. The van der Waals surface area contributed by atoms with E-state index in [9.17, 15) is 19.5 Å². The first-order valence-corrected chi connectivity index (χ1v) is 14.1. The molecule has 15 heteroatoms. The van der Waals surface area contributed by atoms with Gasteiger partial charge in [0.05, 0.1) is 5.38 Å². The Labute approximate surface area is 216 Å². The summed E-state index contributed by atoms with van der Waals surface area (Å²) in [4.78, 5) is 47.8. The molecule has 11 nitrogen and oxygen atoms in total. The average Bonchev–Trinajstić information content (AvgIpc) is 3.48. The van der Waals surface area contributed by atoms with Crippen LogP contribution in [0.25, 0.3) is 0 Å². The first kappa shape index (κ1) is 25.2. The number of aromatic nitrogens is 2. The minimum atomic E-state index is -1.19. The summed E-state index contributed by atoms with van der Waals surface area (Å²) < 4.78 is 3.19. The Morgan fingerprint density at radius 3 is 2.94 bits per heavy atom. The Hall–Kier alpha value is -2.88. The molecule has 0 aromatic carbocycles. The second-order valence-corrected chi connectivity index (χ2v) is 11.1. The summed E-state index contributed by atoms with van der Waals surface area (Å²) in [5, 5.41) is 19.4. The third-order valence-corrected chi connectivity index (χ3v) is 9.13. The number of aliphatic carboxylic acids is 1. The molecule has 1 saturated heterocycles. The first-order chi connectivity index (χ1) is 16.8. The molecule has 0 radical (unpaired) electrons. The third-order valence-electron chi connectivity index (χ3n) is 5.09. The number of carboxylic acid groups (broad SMARTS) is 1. The largest absolute Gasteiger partial charge is 0.477 e. The molecule has 2 atom stereocenters. The number of hydrogen-bond acceptors (Lipinski definition) is 11. The number of carboxylic acids is 1. The highest BCUT2D eigenvalue weighted by Crippen LogP contribution is 2.40. The number of carbonyl (C=O) groups excluding carboxylic acids is 2. The fourth-order valence-corrected chi connectivity index (χ4v) is 6.96. The molecule has 2 amide bonds. The normalized spacial score (nSPS) is 20.1. The number of anilines is 1. The number of nitrogens with zero attached hydrogens (tertiary/aromatic N) is 4. The van der Waals surface area contributed by atoms with Crippen LogP contribution in [0.3, 0.4) is 0 Å². The van der Waals surface area contributed by atoms with Crippen LogP contribution in [0, 0.1) is 0 Å². The molecule has 1 fully saturated rings. The van der Waals surface area contributed by atoms with Crippen molar-refractivity contribution in [2.75, 3.05) is 24.9 Å². The Kier molecular flexibility index (Phi) is 7.78. The number of carbonyl (C=O) groups is 3. The summed E-state index contributed by atoms with van der Waals surface area (Å²) in [6, 6.07) is -0.907. The number of nitrogens with one attached hydrogen (secondary N) is 1. The number of rotatable bonds is 9. The predicted molar refractivity (Wildman–Crippen MR) is 135 cm³/mol. The number of thiazole rings is 2. The van der Waals surface area contributed by atoms with E-state index in [2.05, 4.69) is 20.0 Å². The number of oxime groups is 1. The lowest BCUT2D eigenvalue weighted by Crippen LogP contribution is -2.71. The number of allylic oxidation sites excluding steroid dienone is 2. The molecule has 0 bridgehead atoms. The topological polar surface area (TPSA) is 151 Å². The lowest BCUT2D eigenvalue weighted by molar-refractivity contribution is -0.716. The van der Waals surface area contributed by atoms with Crippen molar-refractivity contribution in [3.63, 3.8) is 0 Å². The van der Waals surface area contributed by atoms with Crippen molar-refractivity contribution in [2.45, 2.75) is 22.3 Å². The van der Waals surface area contributed by atoms with Crippen molar-refractivity contribution in [3.05, 3.63) is 46.1 Å². The molecule has 4 heterocycles. The monoisotopic (exact) mass is 553 g/mol. The molecule has 0 aliphatic carbocycles. The van der Waals surface area contributed by atoms with Gasteiger partial charge < -0.3 is 21.0 Å². The fourth-order valence-electron chi connectivity index (χ4n) is 3.57. The van der Waals surface area contributed by atoms with E-state index >= 15 is 0 Å². The summed E-state index contributed by atoms with van der Waals surface area (Å²) >= 11 is 5.78. The number of nitrogens with two attached hydrogens (primary N) is 1. The van der Waals surface area contributed by atoms with Gasteiger partial charge in [-0.3, -0.25) is 14.5 Å². The van der Waals surface area contributed by atoms with Gasteiger partial charge in [-0.2, -0.15) is 4.57 Å². The van der Waals surface area contributed by atoms with Gasteiger partial charge in [0.15, 0.2) is 23.6 Å². The molecule has 2 aliphatic heterocycles. The molecule has 0 saturated carbocycles. The van der Waals surface area contributed by atoms with Crippen molar-refractivity contribution in [1.29, 1.82) is 0 Å². The standard InChI is InChI=1S/C20H20N6O5S4/c1-31-24-12(11-9-35-19(21)22-11)15(27)23-13-16(28)26-14(18(29)30)10(8-34-17(13)26)4-3-5-25-6-7-33-20(25)32-2/h3-4,6-7,9,13,17H,5,8H2,1-2H3,(H3-,21,22,23,27,29,30)/p+1/b4-3+,24-12-/t13?,17-/m1/s1. The molecule has 184 valence electrons. The van der Waals surface area contributed by atoms with Crippen LogP contribution < -0.4 is 15.6 Å². The molecule has 0 spiro atoms. The van der Waals surface area contributed by atoms with Crippen molar-refractivity contribution < 1.29 is 28.9 Å². The molecular weight excluding hydrogens is 533 g/mol. The van der Waals surface area contributed by atoms with E-state index in [1.807, 2.05) is 23.9 Å². The molecule has 4 rings (SSSR count). The smallest absolute Gasteiger partial charge is 0.352 e. The zero-order chi connectivity index (χ0) is 25.1. The summed E-state index contributed by atoms with van der Waals surface area (Å²) in [6.07, 6.45) is 7.58. The maximum absolute atomic E-state index is 12.9. The molecule has 2 aromatic rings. The maximum atomic E-state index is 12.9. The van der Waals surface area contributed by atoms with Crippen molar-refractivity contribution in [1.82, 2.24) is 15.2 Å². The second-order valence-electron chi connectivity index (χ2n) is 7.16. The fraction of sp³-hybridized carbons (Fsp3) is 0.300. The van der Waals surface area contributed by atoms with E-state index < -0.39 is 29.2 Å². The van der Waals surface area contributed by atoms with Gasteiger partial charge in [-0.1, -0.05) is 22.6 Å². The third kappa shape index (κ3) is 5.07. The van der Waals surface area contributed by atoms with Crippen LogP contribution >= 0.6 is 46.2 Å². The second kappa shape index (κ2) is 10.8. The van der Waals surface area contributed by atoms with Crippen LogP contribution in [0.4, 0.5) is 5.13 Å². The minimum Gasteiger partial charge on any atom is -0.477 e. The van der Waals surface area contributed by atoms with Crippen molar-refractivity contribution >= 4 is 74.8 Å². The number of thioether (sulfide) groups is 2. The lowest BCUT2D eigenvalue weighted by Gasteiger charge is -2.49. The highest BCUT2D eigenvalue weighted by Gasteiger charge is 2.54. The Bertz CT molecular complexity index is 1250. The van der Waals surface area contributed by atoms with E-state index in [-0.39, 0.29) is 22.2 Å². The van der Waals surface area contributed by atoms with Gasteiger partial charge in [-0.05, 0) is 29.7 Å². The molecule has 2 aromatic heterocycles. The molecule has 1 unspecified atom stereocenters. The van der Waals surface area contributed by atoms with E-state index in [0.717, 1.165) is 15.7 Å². The number of hydrogen-bond donors (Lipinski definition) is 3. The summed E-state index contributed by atoms with van der Waals surface area (Å²) in [7, 11) is 1.29. The number of nitrogen functional groups attached to an aromatic ring is 1. The zero-order valence-electron chi connectivity index (χ0n) is 18.5. The van der Waals surface area contributed by atoms with Crippen molar-refractivity contribution in [3.8, 4) is 0 Å². The van der Waals surface area contributed by atoms with E-state index in [0.29, 0.717) is 17.9 Å². The highest BCUT2D eigenvalue weighted by molar-refractivity contribution is 8.00. The SMILES string of the molecule is CO/N=C(\C(=O)NC1C(=O)N2C(C(=O)O)=C(/C=C/C[n+]3ccsc3SC)CS[C@H]12)c1csc(N)n1. The van der Waals surface area contributed by atoms with Gasteiger partial charge in [0.2, 0.25) is 0 Å². The van der Waals surface area contributed by atoms with Crippen LogP contribution in [-0.2, 0) is 25.8 Å². The van der Waals surface area contributed by atoms with Gasteiger partial charge in [0, 0.05) is 11.1 Å². The van der Waals surface area contributed by atoms with Gasteiger partial charge in [-0.15, -0.1) is 23.1 Å². The molecule has 2 aliphatic rings. The molecular formula is C20H21N6O5S4+. The molecule has 4 N–H and O–H groups in total. The maximum Gasteiger partial charge on any atom is 0.352 e. The molecule has 35 heavy (non-hydrogen) atoms.